The van der Waals surface area contributed by atoms with Crippen LogP contribution in [-0.2, 0) is 23.9 Å². The number of esters is 1. The smallest absolute Gasteiger partial charge is 0.310 e. The normalized spacial score (nSPS) is 34.1. The third-order valence-corrected chi connectivity index (χ3v) is 3.86. The van der Waals surface area contributed by atoms with Crippen LogP contribution in [0.4, 0.5) is 0 Å². The minimum Gasteiger partial charge on any atom is -0.481 e. The van der Waals surface area contributed by atoms with Crippen molar-refractivity contribution in [2.45, 2.75) is 25.9 Å². The van der Waals surface area contributed by atoms with Crippen molar-refractivity contribution in [3.05, 3.63) is 0 Å². The zero-order valence-corrected chi connectivity index (χ0v) is 10.7. The predicted octanol–water partition coefficient (Wildman–Crippen LogP) is -0.356. The number of fused-ring (bicyclic) bond motifs is 1. The van der Waals surface area contributed by atoms with Crippen LogP contribution in [0.2, 0.25) is 0 Å². The molecule has 2 amide bonds. The van der Waals surface area contributed by atoms with E-state index in [1.165, 1.54) is 14.0 Å². The van der Waals surface area contributed by atoms with E-state index >= 15 is 0 Å². The highest BCUT2D eigenvalue weighted by molar-refractivity contribution is 6.05. The van der Waals surface area contributed by atoms with Crippen molar-refractivity contribution in [3.8, 4) is 0 Å². The standard InChI is InChI=1S/C12H15NO6/c1-5(14)19-9-4-7-6(3-8(9)12(17)18)10(15)13(2)11(7)16/h6-9H,3-4H2,1-2H3,(H,17,18)/t6-,7+,8+,9+/m1/s1. The zero-order chi connectivity index (χ0) is 14.3. The summed E-state index contributed by atoms with van der Waals surface area (Å²) < 4.78 is 4.99. The van der Waals surface area contributed by atoms with Gasteiger partial charge in [-0.1, -0.05) is 0 Å². The lowest BCUT2D eigenvalue weighted by atomic mass is 9.73. The number of nitrogens with zero attached hydrogens (tertiary/aromatic N) is 1. The molecule has 0 aromatic carbocycles. The number of likely N-dealkylation sites (tertiary alicyclic amines) is 1. The fraction of sp³-hybridized carbons (Fsp3) is 0.667. The zero-order valence-electron chi connectivity index (χ0n) is 10.7. The number of carbonyl (C=O) groups is 4. The molecule has 104 valence electrons. The van der Waals surface area contributed by atoms with Crippen LogP contribution < -0.4 is 0 Å². The number of carbonyl (C=O) groups excluding carboxylic acids is 3. The van der Waals surface area contributed by atoms with Gasteiger partial charge in [-0.25, -0.2) is 0 Å². The van der Waals surface area contributed by atoms with Gasteiger partial charge in [-0.15, -0.1) is 0 Å². The Labute approximate surface area is 109 Å². The Kier molecular flexibility index (Phi) is 3.30. The molecule has 1 N–H and O–H groups in total. The summed E-state index contributed by atoms with van der Waals surface area (Å²) in [7, 11) is 1.39. The molecule has 1 saturated heterocycles. The van der Waals surface area contributed by atoms with Gasteiger partial charge in [0.1, 0.15) is 6.10 Å². The Morgan fingerprint density at radius 1 is 1.21 bits per heavy atom. The number of carboxylic acid groups (broad SMARTS) is 1. The molecule has 2 aliphatic rings. The molecule has 1 aliphatic carbocycles. The van der Waals surface area contributed by atoms with Crippen LogP contribution in [0.5, 0.6) is 0 Å². The first-order valence-electron chi connectivity index (χ1n) is 6.04. The minimum atomic E-state index is -1.11. The van der Waals surface area contributed by atoms with E-state index in [1.807, 2.05) is 0 Å². The Balaban J connectivity index is 2.25. The molecule has 0 aromatic rings. The molecular weight excluding hydrogens is 254 g/mol. The average Bonchev–Trinajstić information content (AvgIpc) is 2.53. The van der Waals surface area contributed by atoms with Crippen molar-refractivity contribution in [2.24, 2.45) is 17.8 Å². The van der Waals surface area contributed by atoms with Gasteiger partial charge in [0.15, 0.2) is 0 Å². The second-order valence-electron chi connectivity index (χ2n) is 5.01. The van der Waals surface area contributed by atoms with E-state index in [-0.39, 0.29) is 24.7 Å². The van der Waals surface area contributed by atoms with Gasteiger partial charge in [-0.05, 0) is 12.8 Å². The van der Waals surface area contributed by atoms with E-state index in [0.717, 1.165) is 4.90 Å². The fourth-order valence-electron chi connectivity index (χ4n) is 2.92. The maximum absolute atomic E-state index is 11.9. The predicted molar refractivity (Wildman–Crippen MR) is 60.7 cm³/mol. The van der Waals surface area contributed by atoms with Crippen LogP contribution >= 0.6 is 0 Å². The average molecular weight is 269 g/mol. The quantitative estimate of drug-likeness (QED) is 0.543. The summed E-state index contributed by atoms with van der Waals surface area (Å²) in [5.74, 6) is -4.48. The van der Waals surface area contributed by atoms with Gasteiger partial charge < -0.3 is 9.84 Å². The van der Waals surface area contributed by atoms with Crippen molar-refractivity contribution in [1.82, 2.24) is 4.90 Å². The molecule has 0 unspecified atom stereocenters. The maximum Gasteiger partial charge on any atom is 0.310 e. The van der Waals surface area contributed by atoms with Crippen LogP contribution in [0.1, 0.15) is 19.8 Å². The number of rotatable bonds is 2. The molecule has 7 nitrogen and oxygen atoms in total. The summed E-state index contributed by atoms with van der Waals surface area (Å²) in [6.45, 7) is 1.19. The van der Waals surface area contributed by atoms with Gasteiger partial charge in [0.2, 0.25) is 11.8 Å². The monoisotopic (exact) mass is 269 g/mol. The number of ether oxygens (including phenoxy) is 1. The lowest BCUT2D eigenvalue weighted by Gasteiger charge is -2.33. The van der Waals surface area contributed by atoms with Gasteiger partial charge in [-0.2, -0.15) is 0 Å². The number of hydrogen-bond donors (Lipinski definition) is 1. The lowest BCUT2D eigenvalue weighted by molar-refractivity contribution is -0.163. The van der Waals surface area contributed by atoms with Crippen molar-refractivity contribution in [3.63, 3.8) is 0 Å². The molecular formula is C12H15NO6. The van der Waals surface area contributed by atoms with E-state index < -0.39 is 35.8 Å². The van der Waals surface area contributed by atoms with E-state index in [1.54, 1.807) is 0 Å². The van der Waals surface area contributed by atoms with Crippen molar-refractivity contribution >= 4 is 23.8 Å². The first-order valence-corrected chi connectivity index (χ1v) is 6.04. The molecule has 1 saturated carbocycles. The van der Waals surface area contributed by atoms with Crippen LogP contribution in [0.15, 0.2) is 0 Å². The van der Waals surface area contributed by atoms with E-state index in [4.69, 9.17) is 9.84 Å². The van der Waals surface area contributed by atoms with E-state index in [2.05, 4.69) is 0 Å². The van der Waals surface area contributed by atoms with Crippen molar-refractivity contribution in [2.75, 3.05) is 7.05 Å². The highest BCUT2D eigenvalue weighted by atomic mass is 16.5. The van der Waals surface area contributed by atoms with Crippen LogP contribution in [0.3, 0.4) is 0 Å². The first-order chi connectivity index (χ1) is 8.82. The molecule has 4 atom stereocenters. The van der Waals surface area contributed by atoms with E-state index in [9.17, 15) is 19.2 Å². The van der Waals surface area contributed by atoms with E-state index in [0.29, 0.717) is 0 Å². The Morgan fingerprint density at radius 3 is 2.21 bits per heavy atom. The van der Waals surface area contributed by atoms with Crippen molar-refractivity contribution in [1.29, 1.82) is 0 Å². The molecule has 0 bridgehead atoms. The summed E-state index contributed by atoms with van der Waals surface area (Å²) in [6.07, 6.45) is -0.720. The minimum absolute atomic E-state index is 0.0346. The topological polar surface area (TPSA) is 101 Å². The third-order valence-electron chi connectivity index (χ3n) is 3.86. The summed E-state index contributed by atoms with van der Waals surface area (Å²) in [4.78, 5) is 47.0. The van der Waals surface area contributed by atoms with Gasteiger partial charge in [-0.3, -0.25) is 24.1 Å². The summed E-state index contributed by atoms with van der Waals surface area (Å²) in [5.41, 5.74) is 0. The fourth-order valence-corrected chi connectivity index (χ4v) is 2.92. The van der Waals surface area contributed by atoms with Crippen LogP contribution in [-0.4, -0.2) is 46.9 Å². The first kappa shape index (κ1) is 13.5. The largest absolute Gasteiger partial charge is 0.481 e. The van der Waals surface area contributed by atoms with Gasteiger partial charge in [0, 0.05) is 14.0 Å². The lowest BCUT2D eigenvalue weighted by Crippen LogP contribution is -2.42. The summed E-state index contributed by atoms with van der Waals surface area (Å²) >= 11 is 0. The molecule has 0 spiro atoms. The molecule has 1 heterocycles. The number of hydrogen-bond acceptors (Lipinski definition) is 5. The highest BCUT2D eigenvalue weighted by Crippen LogP contribution is 2.41. The number of aliphatic carboxylic acids is 1. The number of imide groups is 1. The molecule has 19 heavy (non-hydrogen) atoms. The second kappa shape index (κ2) is 4.64. The number of amides is 2. The Hall–Kier alpha value is -1.92. The highest BCUT2D eigenvalue weighted by Gasteiger charge is 2.53. The summed E-state index contributed by atoms with van der Waals surface area (Å²) in [5, 5.41) is 9.16. The summed E-state index contributed by atoms with van der Waals surface area (Å²) in [6, 6.07) is 0. The molecule has 2 fully saturated rings. The van der Waals surface area contributed by atoms with Gasteiger partial charge in [0.25, 0.3) is 0 Å². The SMILES string of the molecule is CC(=O)O[C@H]1C[C@@H]2C(=O)N(C)C(=O)[C@@H]2C[C@@H]1C(=O)O. The Morgan fingerprint density at radius 2 is 1.74 bits per heavy atom. The molecule has 0 radical (unpaired) electrons. The number of carboxylic acids is 1. The molecule has 1 aliphatic heterocycles. The molecule has 0 aromatic heterocycles. The molecule has 7 heteroatoms. The Bertz CT molecular complexity index is 459. The second-order valence-corrected chi connectivity index (χ2v) is 5.01. The third kappa shape index (κ3) is 2.20. The van der Waals surface area contributed by atoms with Gasteiger partial charge in [0.05, 0.1) is 17.8 Å². The van der Waals surface area contributed by atoms with Gasteiger partial charge >= 0.3 is 11.9 Å². The van der Waals surface area contributed by atoms with Crippen LogP contribution in [0.25, 0.3) is 0 Å². The van der Waals surface area contributed by atoms with Crippen molar-refractivity contribution < 1.29 is 29.0 Å². The van der Waals surface area contributed by atoms with Crippen LogP contribution in [0, 0.1) is 17.8 Å². The maximum atomic E-state index is 11.9. The molecule has 2 rings (SSSR count).